The van der Waals surface area contributed by atoms with Crippen LogP contribution in [0, 0.1) is 5.21 Å². The van der Waals surface area contributed by atoms with Crippen molar-refractivity contribution in [3.8, 4) is 5.75 Å². The third-order valence-corrected chi connectivity index (χ3v) is 5.20. The number of hydrogen-bond acceptors (Lipinski definition) is 6. The fourth-order valence-electron chi connectivity index (χ4n) is 2.52. The van der Waals surface area contributed by atoms with Gasteiger partial charge in [-0.3, -0.25) is 9.55 Å². The van der Waals surface area contributed by atoms with Crippen molar-refractivity contribution in [1.82, 2.24) is 19.8 Å². The van der Waals surface area contributed by atoms with E-state index in [1.54, 1.807) is 0 Å². The number of benzene rings is 1. The molecule has 2 aliphatic heterocycles. The standard InChI is InChI=1S/C13H17N3O2S.C3H7N/c1-3-18-10-4-5-12-11(8-10)14-13(19-12)16(17)7-6-15(2)9-16;1-2-4-3-1/h4-5,8H,3,6-7,9H2,1-2H3;4H,1-3H2. The van der Waals surface area contributed by atoms with Gasteiger partial charge >= 0.3 is 0 Å². The van der Waals surface area contributed by atoms with Crippen LogP contribution in [0.25, 0.3) is 10.2 Å². The Morgan fingerprint density at radius 1 is 1.43 bits per heavy atom. The number of quaternary nitrogens is 1. The van der Waals surface area contributed by atoms with Gasteiger partial charge in [0.2, 0.25) is 0 Å². The molecule has 1 aromatic heterocycles. The van der Waals surface area contributed by atoms with Crippen molar-refractivity contribution < 1.29 is 4.74 Å². The SMILES string of the molecule is C1CNC1.CCOc1ccc2sc([N+]3([O-])CCN(C)C3)nc2c1. The summed E-state index contributed by atoms with van der Waals surface area (Å²) in [6, 6.07) is 5.82. The Kier molecular flexibility index (Phi) is 5.13. The van der Waals surface area contributed by atoms with Crippen molar-refractivity contribution in [2.75, 3.05) is 46.5 Å². The molecule has 126 valence electrons. The van der Waals surface area contributed by atoms with Gasteiger partial charge in [0.05, 0.1) is 29.9 Å². The van der Waals surface area contributed by atoms with E-state index in [1.807, 2.05) is 37.1 Å². The van der Waals surface area contributed by atoms with E-state index < -0.39 is 0 Å². The first-order valence-corrected chi connectivity index (χ1v) is 8.94. The van der Waals surface area contributed by atoms with Gasteiger partial charge in [-0.25, -0.2) is 0 Å². The van der Waals surface area contributed by atoms with E-state index in [0.29, 0.717) is 25.0 Å². The zero-order valence-corrected chi connectivity index (χ0v) is 14.6. The number of hydrogen-bond donors (Lipinski definition) is 1. The van der Waals surface area contributed by atoms with Gasteiger partial charge in [-0.1, -0.05) is 11.3 Å². The van der Waals surface area contributed by atoms with E-state index >= 15 is 0 Å². The first-order valence-electron chi connectivity index (χ1n) is 8.12. The summed E-state index contributed by atoms with van der Waals surface area (Å²) in [5.41, 5.74) is 0.855. The fourth-order valence-corrected chi connectivity index (χ4v) is 3.52. The first-order chi connectivity index (χ1) is 11.1. The van der Waals surface area contributed by atoms with E-state index in [-0.39, 0.29) is 4.65 Å². The second-order valence-corrected chi connectivity index (χ2v) is 7.01. The molecule has 1 atom stereocenters. The maximum absolute atomic E-state index is 12.7. The Morgan fingerprint density at radius 2 is 2.17 bits per heavy atom. The van der Waals surface area contributed by atoms with Crippen molar-refractivity contribution in [2.45, 2.75) is 13.3 Å². The molecule has 3 heterocycles. The molecule has 4 rings (SSSR count). The van der Waals surface area contributed by atoms with E-state index in [1.165, 1.54) is 30.8 Å². The number of fused-ring (bicyclic) bond motifs is 1. The predicted molar refractivity (Wildman–Crippen MR) is 95.8 cm³/mol. The van der Waals surface area contributed by atoms with E-state index in [2.05, 4.69) is 10.3 Å². The van der Waals surface area contributed by atoms with Gasteiger partial charge in [0.15, 0.2) is 0 Å². The maximum Gasteiger partial charge on any atom is 0.288 e. The lowest BCUT2D eigenvalue weighted by atomic mass is 10.3. The van der Waals surface area contributed by atoms with Crippen molar-refractivity contribution >= 4 is 26.7 Å². The average molecular weight is 336 g/mol. The predicted octanol–water partition coefficient (Wildman–Crippen LogP) is 2.38. The molecule has 23 heavy (non-hydrogen) atoms. The Bertz CT molecular complexity index is 655. The van der Waals surface area contributed by atoms with Crippen LogP contribution in [0.5, 0.6) is 5.75 Å². The van der Waals surface area contributed by atoms with Gasteiger partial charge in [0.1, 0.15) is 12.4 Å². The number of nitrogens with zero attached hydrogens (tertiary/aromatic N) is 3. The molecule has 0 amide bonds. The van der Waals surface area contributed by atoms with Crippen LogP contribution < -0.4 is 14.7 Å². The zero-order valence-electron chi connectivity index (χ0n) is 13.7. The van der Waals surface area contributed by atoms with Gasteiger partial charge in [0.25, 0.3) is 5.13 Å². The van der Waals surface area contributed by atoms with Crippen molar-refractivity contribution in [3.05, 3.63) is 23.4 Å². The topological polar surface area (TPSA) is 60.4 Å². The van der Waals surface area contributed by atoms with Gasteiger partial charge < -0.3 is 15.3 Å². The first kappa shape index (κ1) is 16.6. The highest BCUT2D eigenvalue weighted by molar-refractivity contribution is 7.22. The van der Waals surface area contributed by atoms with Crippen LogP contribution >= 0.6 is 11.3 Å². The smallest absolute Gasteiger partial charge is 0.288 e. The zero-order chi connectivity index (χ0) is 16.3. The summed E-state index contributed by atoms with van der Waals surface area (Å²) in [5.74, 6) is 0.808. The largest absolute Gasteiger partial charge is 0.625 e. The van der Waals surface area contributed by atoms with Gasteiger partial charge in [-0.2, -0.15) is 4.98 Å². The second kappa shape index (κ2) is 7.11. The molecule has 2 aliphatic rings. The minimum absolute atomic E-state index is 0.334. The Balaban J connectivity index is 0.000000341. The lowest BCUT2D eigenvalue weighted by molar-refractivity contribution is 0.337. The number of aromatic nitrogens is 1. The summed E-state index contributed by atoms with van der Waals surface area (Å²) in [6.45, 7) is 6.97. The number of hydroxylamine groups is 2. The van der Waals surface area contributed by atoms with Crippen LogP contribution in [0.3, 0.4) is 0 Å². The van der Waals surface area contributed by atoms with Gasteiger partial charge in [-0.15, -0.1) is 0 Å². The van der Waals surface area contributed by atoms with Crippen molar-refractivity contribution in [2.24, 2.45) is 0 Å². The minimum atomic E-state index is -0.334. The number of likely N-dealkylation sites (N-methyl/N-ethyl adjacent to an activating group) is 1. The number of ether oxygens (including phenoxy) is 1. The molecule has 0 saturated carbocycles. The van der Waals surface area contributed by atoms with Crippen LogP contribution in [0.2, 0.25) is 0 Å². The third-order valence-electron chi connectivity index (χ3n) is 4.03. The van der Waals surface area contributed by atoms with Crippen LogP contribution in [0.4, 0.5) is 5.13 Å². The molecule has 1 N–H and O–H groups in total. The Morgan fingerprint density at radius 3 is 2.74 bits per heavy atom. The molecular weight excluding hydrogens is 312 g/mol. The Hall–Kier alpha value is -1.25. The van der Waals surface area contributed by atoms with Gasteiger partial charge in [-0.05, 0) is 45.6 Å². The molecule has 2 saturated heterocycles. The van der Waals surface area contributed by atoms with E-state index in [0.717, 1.165) is 22.5 Å². The molecule has 0 bridgehead atoms. The molecule has 2 fully saturated rings. The summed E-state index contributed by atoms with van der Waals surface area (Å²) in [7, 11) is 1.97. The van der Waals surface area contributed by atoms with Crippen molar-refractivity contribution in [1.29, 1.82) is 0 Å². The molecule has 1 aromatic carbocycles. The second-order valence-electron chi connectivity index (χ2n) is 6.00. The van der Waals surface area contributed by atoms with Crippen LogP contribution in [0.15, 0.2) is 18.2 Å². The summed E-state index contributed by atoms with van der Waals surface area (Å²) < 4.78 is 6.17. The monoisotopic (exact) mass is 336 g/mol. The molecule has 1 unspecified atom stereocenters. The average Bonchev–Trinajstić information content (AvgIpc) is 3.01. The van der Waals surface area contributed by atoms with E-state index in [9.17, 15) is 5.21 Å². The third kappa shape index (κ3) is 3.81. The fraction of sp³-hybridized carbons (Fsp3) is 0.562. The molecule has 0 aliphatic carbocycles. The Labute approximate surface area is 140 Å². The van der Waals surface area contributed by atoms with Crippen LogP contribution in [-0.2, 0) is 0 Å². The highest BCUT2D eigenvalue weighted by Gasteiger charge is 2.32. The minimum Gasteiger partial charge on any atom is -0.625 e. The summed E-state index contributed by atoms with van der Waals surface area (Å²) >= 11 is 1.49. The van der Waals surface area contributed by atoms with E-state index in [4.69, 9.17) is 4.74 Å². The van der Waals surface area contributed by atoms with Crippen LogP contribution in [-0.4, -0.2) is 56.4 Å². The molecule has 0 spiro atoms. The normalized spacial score (nSPS) is 24.1. The quantitative estimate of drug-likeness (QED) is 0.689. The maximum atomic E-state index is 12.7. The number of nitrogens with one attached hydrogen (secondary N) is 1. The molecule has 7 heteroatoms. The lowest BCUT2D eigenvalue weighted by Gasteiger charge is -2.34. The molecule has 6 nitrogen and oxygen atoms in total. The lowest BCUT2D eigenvalue weighted by Crippen LogP contribution is -2.41. The molecule has 2 aromatic rings. The number of thiazole rings is 1. The van der Waals surface area contributed by atoms with Crippen LogP contribution in [0.1, 0.15) is 13.3 Å². The van der Waals surface area contributed by atoms with Gasteiger partial charge in [0, 0.05) is 6.07 Å². The number of rotatable bonds is 3. The molecule has 0 radical (unpaired) electrons. The van der Waals surface area contributed by atoms with Crippen molar-refractivity contribution in [3.63, 3.8) is 0 Å². The highest BCUT2D eigenvalue weighted by atomic mass is 32.1. The summed E-state index contributed by atoms with van der Waals surface area (Å²) in [5, 5.41) is 16.5. The molecular formula is C16H24N4O2S. The summed E-state index contributed by atoms with van der Waals surface area (Å²) in [6.07, 6.45) is 1.39. The highest BCUT2D eigenvalue weighted by Crippen LogP contribution is 2.35. The summed E-state index contributed by atoms with van der Waals surface area (Å²) in [4.78, 5) is 6.56.